The van der Waals surface area contributed by atoms with Gasteiger partial charge < -0.3 is 15.8 Å². The SMILES string of the molecule is COc1c(NCc2cn(C)nc2C)sc(C#N)c1N. The van der Waals surface area contributed by atoms with Gasteiger partial charge in [0.15, 0.2) is 5.75 Å². The highest BCUT2D eigenvalue weighted by Gasteiger charge is 2.16. The van der Waals surface area contributed by atoms with Gasteiger partial charge in [-0.25, -0.2) is 0 Å². The van der Waals surface area contributed by atoms with Gasteiger partial charge in [-0.15, -0.1) is 11.3 Å². The van der Waals surface area contributed by atoms with Crippen LogP contribution in [-0.4, -0.2) is 16.9 Å². The summed E-state index contributed by atoms with van der Waals surface area (Å²) in [6.07, 6.45) is 1.96. The van der Waals surface area contributed by atoms with Gasteiger partial charge in [0.05, 0.1) is 12.8 Å². The Bertz CT molecular complexity index is 637. The van der Waals surface area contributed by atoms with Crippen molar-refractivity contribution in [1.29, 1.82) is 5.26 Å². The van der Waals surface area contributed by atoms with Gasteiger partial charge in [-0.05, 0) is 6.92 Å². The Balaban J connectivity index is 2.20. The molecule has 2 heterocycles. The summed E-state index contributed by atoms with van der Waals surface area (Å²) in [4.78, 5) is 0.460. The third-order valence-electron chi connectivity index (χ3n) is 2.76. The highest BCUT2D eigenvalue weighted by Crippen LogP contribution is 2.42. The molecule has 2 rings (SSSR count). The molecule has 0 atom stereocenters. The van der Waals surface area contributed by atoms with Crippen molar-refractivity contribution < 1.29 is 4.74 Å². The number of aryl methyl sites for hydroxylation is 2. The molecule has 100 valence electrons. The van der Waals surface area contributed by atoms with E-state index in [9.17, 15) is 0 Å². The van der Waals surface area contributed by atoms with Crippen LogP contribution in [0.1, 0.15) is 16.1 Å². The number of nitrogen functional groups attached to an aromatic ring is 1. The molecule has 2 aromatic heterocycles. The molecular formula is C12H15N5OS. The predicted octanol–water partition coefficient (Wildman–Crippen LogP) is 1.86. The van der Waals surface area contributed by atoms with E-state index in [1.54, 1.807) is 11.8 Å². The smallest absolute Gasteiger partial charge is 0.177 e. The first-order chi connectivity index (χ1) is 9.06. The molecule has 3 N–H and O–H groups in total. The van der Waals surface area contributed by atoms with Crippen LogP contribution in [-0.2, 0) is 13.6 Å². The van der Waals surface area contributed by atoms with Crippen molar-refractivity contribution in [3.63, 3.8) is 0 Å². The molecule has 6 nitrogen and oxygen atoms in total. The Kier molecular flexibility index (Phi) is 3.62. The molecule has 0 unspecified atom stereocenters. The van der Waals surface area contributed by atoms with E-state index in [0.717, 1.165) is 16.3 Å². The van der Waals surface area contributed by atoms with Crippen LogP contribution in [0.3, 0.4) is 0 Å². The number of aromatic nitrogens is 2. The van der Waals surface area contributed by atoms with E-state index in [-0.39, 0.29) is 0 Å². The number of anilines is 2. The van der Waals surface area contributed by atoms with Gasteiger partial charge in [-0.1, -0.05) is 0 Å². The maximum atomic E-state index is 8.97. The van der Waals surface area contributed by atoms with E-state index in [1.165, 1.54) is 11.3 Å². The first-order valence-corrected chi connectivity index (χ1v) is 6.47. The largest absolute Gasteiger partial charge is 0.492 e. The Hall–Kier alpha value is -2.20. The molecule has 0 saturated carbocycles. The van der Waals surface area contributed by atoms with Crippen LogP contribution in [0.4, 0.5) is 10.7 Å². The molecule has 0 spiro atoms. The third-order valence-corrected chi connectivity index (χ3v) is 3.81. The monoisotopic (exact) mass is 277 g/mol. The molecule has 19 heavy (non-hydrogen) atoms. The van der Waals surface area contributed by atoms with Crippen molar-refractivity contribution in [2.24, 2.45) is 7.05 Å². The van der Waals surface area contributed by atoms with Crippen LogP contribution in [0.25, 0.3) is 0 Å². The van der Waals surface area contributed by atoms with Gasteiger partial charge in [0.2, 0.25) is 0 Å². The average molecular weight is 277 g/mol. The first-order valence-electron chi connectivity index (χ1n) is 5.66. The summed E-state index contributed by atoms with van der Waals surface area (Å²) < 4.78 is 7.00. The van der Waals surface area contributed by atoms with Crippen LogP contribution in [0.15, 0.2) is 6.20 Å². The van der Waals surface area contributed by atoms with Gasteiger partial charge in [0.1, 0.15) is 21.6 Å². The Labute approximate surface area is 115 Å². The molecule has 0 aliphatic carbocycles. The zero-order valence-corrected chi connectivity index (χ0v) is 11.8. The topological polar surface area (TPSA) is 88.9 Å². The van der Waals surface area contributed by atoms with Gasteiger partial charge in [0, 0.05) is 25.4 Å². The number of nitriles is 1. The van der Waals surface area contributed by atoms with Crippen molar-refractivity contribution in [2.45, 2.75) is 13.5 Å². The third kappa shape index (κ3) is 2.48. The predicted molar refractivity (Wildman–Crippen MR) is 75.3 cm³/mol. The number of ether oxygens (including phenoxy) is 1. The number of hydrogen-bond donors (Lipinski definition) is 2. The molecule has 2 aromatic rings. The molecular weight excluding hydrogens is 262 g/mol. The van der Waals surface area contributed by atoms with Gasteiger partial charge >= 0.3 is 0 Å². The zero-order chi connectivity index (χ0) is 14.0. The van der Waals surface area contributed by atoms with Crippen LogP contribution in [0.2, 0.25) is 0 Å². The maximum absolute atomic E-state index is 8.97. The summed E-state index contributed by atoms with van der Waals surface area (Å²) in [6.45, 7) is 2.57. The van der Waals surface area contributed by atoms with Gasteiger partial charge in [-0.3, -0.25) is 4.68 Å². The second-order valence-electron chi connectivity index (χ2n) is 4.09. The molecule has 0 radical (unpaired) electrons. The highest BCUT2D eigenvalue weighted by atomic mass is 32.1. The lowest BCUT2D eigenvalue weighted by Gasteiger charge is -2.06. The summed E-state index contributed by atoms with van der Waals surface area (Å²) in [5, 5.41) is 17.2. The normalized spacial score (nSPS) is 10.2. The number of hydrogen-bond acceptors (Lipinski definition) is 6. The summed E-state index contributed by atoms with van der Waals surface area (Å²) in [7, 11) is 3.42. The molecule has 0 amide bonds. The quantitative estimate of drug-likeness (QED) is 0.890. The minimum Gasteiger partial charge on any atom is -0.492 e. The molecule has 0 aliphatic heterocycles. The van der Waals surface area contributed by atoms with Crippen molar-refractivity contribution >= 4 is 22.0 Å². The summed E-state index contributed by atoms with van der Waals surface area (Å²) in [5.74, 6) is 0.531. The lowest BCUT2D eigenvalue weighted by molar-refractivity contribution is 0.420. The summed E-state index contributed by atoms with van der Waals surface area (Å²) in [6, 6.07) is 2.06. The number of nitrogens with one attached hydrogen (secondary N) is 1. The van der Waals surface area contributed by atoms with Crippen molar-refractivity contribution in [2.75, 3.05) is 18.2 Å². The van der Waals surface area contributed by atoms with Gasteiger partial charge in [-0.2, -0.15) is 10.4 Å². The van der Waals surface area contributed by atoms with Crippen LogP contribution >= 0.6 is 11.3 Å². The number of rotatable bonds is 4. The van der Waals surface area contributed by atoms with Crippen molar-refractivity contribution in [3.8, 4) is 11.8 Å². The van der Waals surface area contributed by atoms with E-state index in [1.807, 2.05) is 20.2 Å². The fraction of sp³-hybridized carbons (Fsp3) is 0.333. The average Bonchev–Trinajstić information content (AvgIpc) is 2.86. The van der Waals surface area contributed by atoms with Crippen LogP contribution in [0, 0.1) is 18.3 Å². The first kappa shape index (κ1) is 13.2. The minimum atomic E-state index is 0.389. The van der Waals surface area contributed by atoms with E-state index in [0.29, 0.717) is 22.9 Å². The lowest BCUT2D eigenvalue weighted by Crippen LogP contribution is -2.00. The van der Waals surface area contributed by atoms with Gasteiger partial charge in [0.25, 0.3) is 0 Å². The number of methoxy groups -OCH3 is 1. The van der Waals surface area contributed by atoms with E-state index < -0.39 is 0 Å². The lowest BCUT2D eigenvalue weighted by atomic mass is 10.2. The van der Waals surface area contributed by atoms with Crippen LogP contribution in [0.5, 0.6) is 5.75 Å². The van der Waals surface area contributed by atoms with E-state index in [2.05, 4.69) is 16.5 Å². The fourth-order valence-corrected chi connectivity index (χ4v) is 2.71. The highest BCUT2D eigenvalue weighted by molar-refractivity contribution is 7.17. The molecule has 0 aromatic carbocycles. The molecule has 7 heteroatoms. The standard InChI is InChI=1S/C12H15N5OS/c1-7-8(6-17(2)16-7)5-15-12-11(18-3)10(14)9(4-13)19-12/h6,15H,5,14H2,1-3H3. The summed E-state index contributed by atoms with van der Waals surface area (Å²) in [5.41, 5.74) is 8.29. The number of thiophene rings is 1. The second-order valence-corrected chi connectivity index (χ2v) is 5.11. The van der Waals surface area contributed by atoms with Crippen LogP contribution < -0.4 is 15.8 Å². The molecule has 0 aliphatic rings. The molecule has 0 saturated heterocycles. The fourth-order valence-electron chi connectivity index (χ4n) is 1.83. The Morgan fingerprint density at radius 3 is 2.89 bits per heavy atom. The van der Waals surface area contributed by atoms with Crippen molar-refractivity contribution in [3.05, 3.63) is 22.3 Å². The summed E-state index contributed by atoms with van der Waals surface area (Å²) >= 11 is 1.29. The molecule has 0 fully saturated rings. The molecule has 0 bridgehead atoms. The second kappa shape index (κ2) is 5.20. The maximum Gasteiger partial charge on any atom is 0.177 e. The number of nitrogens with two attached hydrogens (primary N) is 1. The van der Waals surface area contributed by atoms with Crippen molar-refractivity contribution in [1.82, 2.24) is 9.78 Å². The van der Waals surface area contributed by atoms with E-state index >= 15 is 0 Å². The minimum absolute atomic E-state index is 0.389. The number of nitrogens with zero attached hydrogens (tertiary/aromatic N) is 3. The zero-order valence-electron chi connectivity index (χ0n) is 11.0. The Morgan fingerprint density at radius 2 is 2.37 bits per heavy atom. The van der Waals surface area contributed by atoms with E-state index in [4.69, 9.17) is 15.7 Å². The Morgan fingerprint density at radius 1 is 1.63 bits per heavy atom.